The number of rotatable bonds is 8. The van der Waals surface area contributed by atoms with Crippen LogP contribution in [0.2, 0.25) is 0 Å². The highest BCUT2D eigenvalue weighted by molar-refractivity contribution is 7.54. The van der Waals surface area contributed by atoms with Crippen molar-refractivity contribution in [2.75, 3.05) is 26.0 Å². The Morgan fingerprint density at radius 3 is 0.653 bits per heavy atom. The SMILES string of the molecule is CCOP(=O)(CC12c3c4c5c6c7c8c(c9c%10c1c1c3c3c%11c4c4c5c5c7c7c%12c8c8c9c9c%10c%10c1c1c3c3c%11c%11c4c4c5c7c5c7c%12c8c8c9c9c%10c1c1c3c3c%11c4c5c4c7c8c9c1c34)C62OCC(F)(F)F)OCC. The molecule has 0 aliphatic heterocycles. The predicted molar refractivity (Wildman–Crippen MR) is 302 cm³/mol. The first kappa shape index (κ1) is 31.3. The zero-order valence-electron chi connectivity index (χ0n) is 38.5. The molecule has 0 N–H and O–H groups in total. The molecule has 75 heavy (non-hydrogen) atoms. The van der Waals surface area contributed by atoms with Crippen molar-refractivity contribution in [2.45, 2.75) is 31.0 Å². The summed E-state index contributed by atoms with van der Waals surface area (Å²) in [6.45, 7) is 2.57. The van der Waals surface area contributed by atoms with Crippen molar-refractivity contribution >= 4 is 298 Å². The highest BCUT2D eigenvalue weighted by Gasteiger charge is 2.73. The molecule has 332 valence electrons. The molecule has 0 heterocycles. The van der Waals surface area contributed by atoms with E-state index in [0.29, 0.717) is 0 Å². The van der Waals surface area contributed by atoms with Crippen LogP contribution in [0.1, 0.15) is 36.1 Å². The maximum atomic E-state index is 16.6. The van der Waals surface area contributed by atoms with Crippen LogP contribution >= 0.6 is 7.60 Å². The fourth-order valence-corrected chi connectivity index (χ4v) is 27.0. The summed E-state index contributed by atoms with van der Waals surface area (Å²) in [4.78, 5) is 0. The molecule has 0 radical (unpaired) electrons. The maximum absolute atomic E-state index is 16.6. The number of benzene rings is 18. The second kappa shape index (κ2) is 7.28. The highest BCUT2D eigenvalue weighted by atomic mass is 31.2. The molecule has 0 saturated carbocycles. The van der Waals surface area contributed by atoms with Gasteiger partial charge in [0.1, 0.15) is 12.2 Å². The summed E-state index contributed by atoms with van der Waals surface area (Å²) in [6, 6.07) is 0. The Hall–Kier alpha value is -7.64. The first-order valence-electron chi connectivity index (χ1n) is 27.1. The lowest BCUT2D eigenvalue weighted by molar-refractivity contribution is -0.208. The van der Waals surface area contributed by atoms with Crippen LogP contribution in [0, 0.1) is 0 Å². The van der Waals surface area contributed by atoms with Crippen LogP contribution in [0.25, 0.3) is 291 Å². The second-order valence-corrected chi connectivity index (χ2v) is 27.9. The molecule has 0 atom stereocenters. The van der Waals surface area contributed by atoms with Gasteiger partial charge in [-0.1, -0.05) is 0 Å². The summed E-state index contributed by atoms with van der Waals surface area (Å²) in [5, 5.41) is 72.7. The van der Waals surface area contributed by atoms with E-state index in [1.165, 1.54) is 269 Å². The summed E-state index contributed by atoms with van der Waals surface area (Å²) in [7, 11) is -4.14. The van der Waals surface area contributed by atoms with Crippen LogP contribution in [0.5, 0.6) is 0 Å². The van der Waals surface area contributed by atoms with Crippen molar-refractivity contribution in [1.82, 2.24) is 0 Å². The minimum absolute atomic E-state index is 0.130. The monoisotopic (exact) mass is 970 g/mol. The molecule has 0 bridgehead atoms. The summed E-state index contributed by atoms with van der Waals surface area (Å²) in [5.74, 6) is 0. The van der Waals surface area contributed by atoms with Crippen LogP contribution in [0.15, 0.2) is 0 Å². The first-order valence-corrected chi connectivity index (χ1v) is 28.9. The molecule has 4 aliphatic carbocycles. The molecule has 32 rings (SSSR count). The number of ether oxygens (including phenoxy) is 1. The van der Waals surface area contributed by atoms with E-state index >= 15 is 17.7 Å². The lowest BCUT2D eigenvalue weighted by Crippen LogP contribution is -2.56. The minimum atomic E-state index is -4.67. The van der Waals surface area contributed by atoms with Gasteiger partial charge in [-0.3, -0.25) is 4.57 Å². The molecular formula is C67H14F3O4P. The number of hydrogen-bond donors (Lipinski definition) is 0. The maximum Gasteiger partial charge on any atom is 0.411 e. The summed E-state index contributed by atoms with van der Waals surface area (Å²) < 4.78 is 85.7. The van der Waals surface area contributed by atoms with E-state index in [-0.39, 0.29) is 19.4 Å². The summed E-state index contributed by atoms with van der Waals surface area (Å²) in [5.41, 5.74) is 0.725. The molecule has 0 saturated heterocycles. The van der Waals surface area contributed by atoms with Gasteiger partial charge < -0.3 is 13.8 Å². The van der Waals surface area contributed by atoms with Crippen LogP contribution < -0.4 is 0 Å². The first-order chi connectivity index (χ1) is 36.8. The Morgan fingerprint density at radius 1 is 0.307 bits per heavy atom. The van der Waals surface area contributed by atoms with Crippen molar-refractivity contribution in [3.63, 3.8) is 0 Å². The van der Waals surface area contributed by atoms with Crippen molar-refractivity contribution in [3.05, 3.63) is 22.3 Å². The van der Waals surface area contributed by atoms with Gasteiger partial charge in [0.15, 0.2) is 0 Å². The summed E-state index contributed by atoms with van der Waals surface area (Å²) in [6.07, 6.45) is -4.80. The quantitative estimate of drug-likeness (QED) is 0.112. The van der Waals surface area contributed by atoms with Gasteiger partial charge in [0.2, 0.25) is 0 Å². The molecule has 0 unspecified atom stereocenters. The van der Waals surface area contributed by atoms with Crippen LogP contribution in [-0.4, -0.2) is 32.2 Å². The molecular weight excluding hydrogens is 957 g/mol. The van der Waals surface area contributed by atoms with E-state index in [9.17, 15) is 0 Å². The molecule has 0 aromatic heterocycles. The Kier molecular flexibility index (Phi) is 3.04. The van der Waals surface area contributed by atoms with Gasteiger partial charge >= 0.3 is 13.8 Å². The molecule has 8 heteroatoms. The summed E-state index contributed by atoms with van der Waals surface area (Å²) >= 11 is 0. The highest BCUT2D eigenvalue weighted by Crippen LogP contribution is 2.85. The van der Waals surface area contributed by atoms with E-state index < -0.39 is 31.4 Å². The van der Waals surface area contributed by atoms with Crippen molar-refractivity contribution < 1.29 is 31.5 Å². The van der Waals surface area contributed by atoms with E-state index in [1.807, 2.05) is 13.8 Å². The average molecular weight is 971 g/mol. The lowest BCUT2D eigenvalue weighted by atomic mass is 9.55. The Labute approximate surface area is 407 Å². The fourth-order valence-electron chi connectivity index (χ4n) is 24.9. The standard InChI is InChI=1S/C67H14F3O4P/c1-3-73-75(71,74-4-2)6-65-61-53-45-35-25-17-9-7-8-11-15-13(9)21-29-23(15)33-27-19(11)20-12(8)16-14-10(7)18(17)26-32-22(14)30-24(16)34-28(20)38-37(27)49-43(33)51-41(29)47(39(45)31(21)25)55(61)57(51)63-59(49)60-50(38)44(34)52-42(30)48-40(32)46(36(26)35)54(53)62(65)56(48)58(52)64(60)67(63,65)72-5-66(68,69)70/h3-6H2,1-2H3. The van der Waals surface area contributed by atoms with Crippen molar-refractivity contribution in [3.8, 4) is 0 Å². The van der Waals surface area contributed by atoms with E-state index in [0.717, 1.165) is 43.8 Å². The van der Waals surface area contributed by atoms with Gasteiger partial charge in [-0.15, -0.1) is 0 Å². The van der Waals surface area contributed by atoms with Gasteiger partial charge in [0, 0.05) is 11.1 Å². The smallest absolute Gasteiger partial charge is 0.355 e. The van der Waals surface area contributed by atoms with E-state index in [1.54, 1.807) is 0 Å². The second-order valence-electron chi connectivity index (χ2n) is 25.8. The van der Waals surface area contributed by atoms with Crippen molar-refractivity contribution in [2.24, 2.45) is 0 Å². The fraction of sp³-hybridized carbons (Fsp3) is 0.134. The van der Waals surface area contributed by atoms with E-state index in [2.05, 4.69) is 0 Å². The number of alkyl halides is 3. The van der Waals surface area contributed by atoms with Gasteiger partial charge in [0.25, 0.3) is 0 Å². The third-order valence-corrected chi connectivity index (χ3v) is 27.1. The topological polar surface area (TPSA) is 44.8 Å². The zero-order chi connectivity index (χ0) is 46.4. The third kappa shape index (κ3) is 1.84. The molecule has 4 aliphatic rings. The number of hydrogen-bond acceptors (Lipinski definition) is 4. The zero-order valence-corrected chi connectivity index (χ0v) is 39.4. The average Bonchev–Trinajstić information content (AvgIpc) is 2.17. The Morgan fingerprint density at radius 2 is 0.480 bits per heavy atom. The van der Waals surface area contributed by atoms with Crippen LogP contribution in [0.4, 0.5) is 13.2 Å². The molecule has 0 fully saturated rings. The molecule has 0 amide bonds. The van der Waals surface area contributed by atoms with Crippen LogP contribution in [0.3, 0.4) is 0 Å². The largest absolute Gasteiger partial charge is 0.411 e. The molecule has 0 spiro atoms. The Bertz CT molecular complexity index is 7160. The predicted octanol–water partition coefficient (Wildman–Crippen LogP) is 19.1. The Balaban J connectivity index is 1.14. The van der Waals surface area contributed by atoms with Gasteiger partial charge in [-0.05, 0) is 316 Å². The van der Waals surface area contributed by atoms with Gasteiger partial charge in [-0.2, -0.15) is 13.2 Å². The van der Waals surface area contributed by atoms with Gasteiger partial charge in [-0.25, -0.2) is 0 Å². The minimum Gasteiger partial charge on any atom is -0.355 e. The molecule has 28 aromatic rings. The van der Waals surface area contributed by atoms with Gasteiger partial charge in [0.05, 0.1) is 24.8 Å². The van der Waals surface area contributed by atoms with Crippen LogP contribution in [-0.2, 0) is 29.4 Å². The molecule has 4 nitrogen and oxygen atoms in total. The lowest BCUT2D eigenvalue weighted by Gasteiger charge is -2.54. The molecule has 28 aromatic carbocycles. The normalized spacial score (nSPS) is 21.7. The number of halogens is 3. The van der Waals surface area contributed by atoms with Crippen molar-refractivity contribution in [1.29, 1.82) is 0 Å². The van der Waals surface area contributed by atoms with E-state index in [4.69, 9.17) is 13.8 Å². The third-order valence-electron chi connectivity index (χ3n) is 24.9.